The van der Waals surface area contributed by atoms with E-state index in [-0.39, 0.29) is 35.6 Å². The van der Waals surface area contributed by atoms with Crippen molar-refractivity contribution in [2.75, 3.05) is 33.9 Å². The van der Waals surface area contributed by atoms with Gasteiger partial charge in [0.15, 0.2) is 17.3 Å². The summed E-state index contributed by atoms with van der Waals surface area (Å²) in [7, 11) is 3.05. The van der Waals surface area contributed by atoms with Crippen LogP contribution in [0.15, 0.2) is 57.7 Å². The average molecular weight is 523 g/mol. The highest BCUT2D eigenvalue weighted by Crippen LogP contribution is 2.37. The van der Waals surface area contributed by atoms with Gasteiger partial charge in [-0.2, -0.15) is 0 Å². The molecule has 9 heteroatoms. The van der Waals surface area contributed by atoms with Gasteiger partial charge >= 0.3 is 0 Å². The molecule has 1 saturated heterocycles. The van der Waals surface area contributed by atoms with Crippen molar-refractivity contribution in [3.63, 3.8) is 0 Å². The molecule has 3 aromatic rings. The van der Waals surface area contributed by atoms with E-state index in [1.165, 1.54) is 19.2 Å². The highest BCUT2D eigenvalue weighted by Gasteiger charge is 2.28. The van der Waals surface area contributed by atoms with E-state index >= 15 is 0 Å². The molecule has 0 aliphatic carbocycles. The zero-order chi connectivity index (χ0) is 27.2. The number of hydrogen-bond donors (Lipinski definition) is 3. The number of rotatable bonds is 10. The monoisotopic (exact) mass is 522 g/mol. The predicted molar refractivity (Wildman–Crippen MR) is 142 cm³/mol. The molecule has 1 aromatic heterocycles. The van der Waals surface area contributed by atoms with Crippen LogP contribution in [-0.2, 0) is 4.79 Å². The van der Waals surface area contributed by atoms with Crippen LogP contribution in [0, 0.1) is 6.92 Å². The first kappa shape index (κ1) is 27.1. The van der Waals surface area contributed by atoms with Crippen LogP contribution in [0.2, 0.25) is 0 Å². The Morgan fingerprint density at radius 3 is 2.37 bits per heavy atom. The average Bonchev–Trinajstić information content (AvgIpc) is 3.45. The first-order valence-electron chi connectivity index (χ1n) is 12.7. The molecule has 0 spiro atoms. The summed E-state index contributed by atoms with van der Waals surface area (Å²) in [6.45, 7) is 3.89. The highest BCUT2D eigenvalue weighted by atomic mass is 16.5. The predicted octanol–water partition coefficient (Wildman–Crippen LogP) is 3.85. The maximum absolute atomic E-state index is 13.3. The first-order chi connectivity index (χ1) is 18.3. The van der Waals surface area contributed by atoms with E-state index in [1.54, 1.807) is 26.2 Å². The van der Waals surface area contributed by atoms with Crippen molar-refractivity contribution >= 4 is 5.91 Å². The van der Waals surface area contributed by atoms with Gasteiger partial charge in [-0.05, 0) is 68.2 Å². The third-order valence-electron chi connectivity index (χ3n) is 6.96. The largest absolute Gasteiger partial charge is 0.504 e. The molecular weight excluding hydrogens is 488 g/mol. The highest BCUT2D eigenvalue weighted by molar-refractivity contribution is 5.77. The Labute approximate surface area is 221 Å². The molecule has 1 aliphatic rings. The lowest BCUT2D eigenvalue weighted by Crippen LogP contribution is -2.37. The van der Waals surface area contributed by atoms with Gasteiger partial charge in [0.1, 0.15) is 11.5 Å². The normalized spacial score (nSPS) is 15.1. The summed E-state index contributed by atoms with van der Waals surface area (Å²) in [5.74, 6) is -0.403. The van der Waals surface area contributed by atoms with Crippen LogP contribution in [0.1, 0.15) is 53.9 Å². The van der Waals surface area contributed by atoms with Gasteiger partial charge in [0.25, 0.3) is 0 Å². The summed E-state index contributed by atoms with van der Waals surface area (Å²) >= 11 is 0. The second-order valence-electron chi connectivity index (χ2n) is 9.46. The van der Waals surface area contributed by atoms with E-state index in [2.05, 4.69) is 10.2 Å². The molecule has 0 bridgehead atoms. The maximum Gasteiger partial charge on any atom is 0.227 e. The maximum atomic E-state index is 13.3. The topological polar surface area (TPSA) is 121 Å². The number of carbonyl (C=O) groups is 1. The molecule has 9 nitrogen and oxygen atoms in total. The number of likely N-dealkylation sites (tertiary alicyclic amines) is 1. The van der Waals surface area contributed by atoms with Gasteiger partial charge in [-0.3, -0.25) is 14.5 Å². The van der Waals surface area contributed by atoms with Gasteiger partial charge in [-0.1, -0.05) is 18.2 Å². The van der Waals surface area contributed by atoms with E-state index in [0.29, 0.717) is 17.9 Å². The molecule has 1 amide bonds. The van der Waals surface area contributed by atoms with Crippen molar-refractivity contribution in [2.45, 2.75) is 38.1 Å². The number of amides is 1. The van der Waals surface area contributed by atoms with E-state index in [0.717, 1.165) is 37.2 Å². The lowest BCUT2D eigenvalue weighted by atomic mass is 9.91. The van der Waals surface area contributed by atoms with Crippen molar-refractivity contribution in [3.05, 3.63) is 81.4 Å². The second kappa shape index (κ2) is 12.0. The lowest BCUT2D eigenvalue weighted by molar-refractivity contribution is -0.121. The van der Waals surface area contributed by atoms with Crippen molar-refractivity contribution < 1.29 is 28.9 Å². The van der Waals surface area contributed by atoms with Crippen LogP contribution < -0.4 is 20.2 Å². The molecule has 38 heavy (non-hydrogen) atoms. The van der Waals surface area contributed by atoms with Gasteiger partial charge in [-0.25, -0.2) is 0 Å². The number of phenolic OH excluding ortho intramolecular Hbond substituents is 1. The fourth-order valence-corrected chi connectivity index (χ4v) is 4.94. The second-order valence-corrected chi connectivity index (χ2v) is 9.46. The SMILES string of the molecule is COc1ccc([C@@H](CNC(=O)C[C@@H](c2ccc(O)c(OC)c2)c2oc(C)cc(=O)c2O)N2CCCC2)cc1. The number of aryl methyl sites for hydroxylation is 1. The Hall–Kier alpha value is -3.98. The molecular formula is C29H34N2O7. The number of ether oxygens (including phenoxy) is 2. The van der Waals surface area contributed by atoms with Gasteiger partial charge in [0.05, 0.1) is 26.2 Å². The Morgan fingerprint density at radius 1 is 1.03 bits per heavy atom. The molecule has 4 rings (SSSR count). The van der Waals surface area contributed by atoms with E-state index in [9.17, 15) is 19.8 Å². The van der Waals surface area contributed by atoms with Gasteiger partial charge in [-0.15, -0.1) is 0 Å². The summed E-state index contributed by atoms with van der Waals surface area (Å²) < 4.78 is 16.3. The minimum atomic E-state index is -0.789. The molecule has 1 fully saturated rings. The van der Waals surface area contributed by atoms with E-state index in [1.807, 2.05) is 24.3 Å². The van der Waals surface area contributed by atoms with Crippen LogP contribution in [0.25, 0.3) is 0 Å². The minimum Gasteiger partial charge on any atom is -0.504 e. The lowest BCUT2D eigenvalue weighted by Gasteiger charge is -2.28. The zero-order valence-electron chi connectivity index (χ0n) is 21.9. The van der Waals surface area contributed by atoms with E-state index < -0.39 is 17.1 Å². The van der Waals surface area contributed by atoms with Crippen molar-refractivity contribution in [1.29, 1.82) is 0 Å². The molecule has 2 atom stereocenters. The van der Waals surface area contributed by atoms with Crippen molar-refractivity contribution in [1.82, 2.24) is 10.2 Å². The summed E-state index contributed by atoms with van der Waals surface area (Å²) in [5, 5.41) is 23.7. The Morgan fingerprint density at radius 2 is 1.71 bits per heavy atom. The standard InChI is InChI=1S/C29H34N2O7/c1-18-14-25(33)28(35)29(38-18)22(20-8-11-24(32)26(15-20)37-3)16-27(34)30-17-23(31-12-4-5-13-31)19-6-9-21(36-2)10-7-19/h6-11,14-15,22-23,32,35H,4-5,12-13,16-17H2,1-3H3,(H,30,34)/t22-,23+/m0/s1. The summed E-state index contributed by atoms with van der Waals surface area (Å²) in [6, 6.07) is 13.7. The van der Waals surface area contributed by atoms with Crippen LogP contribution >= 0.6 is 0 Å². The molecule has 3 N–H and O–H groups in total. The molecule has 2 heterocycles. The number of carbonyl (C=O) groups excluding carboxylic acids is 1. The van der Waals surface area contributed by atoms with Crippen LogP contribution in [0.4, 0.5) is 0 Å². The van der Waals surface area contributed by atoms with Crippen molar-refractivity contribution in [2.24, 2.45) is 0 Å². The molecule has 0 unspecified atom stereocenters. The summed E-state index contributed by atoms with van der Waals surface area (Å²) in [4.78, 5) is 28.0. The molecule has 0 saturated carbocycles. The molecule has 0 radical (unpaired) electrons. The number of phenols is 1. The number of nitrogens with one attached hydrogen (secondary N) is 1. The zero-order valence-corrected chi connectivity index (χ0v) is 21.9. The third kappa shape index (κ3) is 6.11. The number of benzene rings is 2. The minimum absolute atomic E-state index is 0.00937. The molecule has 1 aliphatic heterocycles. The van der Waals surface area contributed by atoms with E-state index in [4.69, 9.17) is 13.9 Å². The number of methoxy groups -OCH3 is 2. The number of hydrogen-bond acceptors (Lipinski definition) is 8. The Bertz CT molecular complexity index is 1310. The van der Waals surface area contributed by atoms with Crippen LogP contribution in [0.3, 0.4) is 0 Å². The Kier molecular flexibility index (Phi) is 8.58. The van der Waals surface area contributed by atoms with Gasteiger partial charge < -0.3 is 29.4 Å². The summed E-state index contributed by atoms with van der Waals surface area (Å²) in [5.41, 5.74) is 1.04. The number of nitrogens with zero attached hydrogens (tertiary/aromatic N) is 1. The summed E-state index contributed by atoms with van der Waals surface area (Å²) in [6.07, 6.45) is 2.12. The quantitative estimate of drug-likeness (QED) is 0.367. The third-order valence-corrected chi connectivity index (χ3v) is 6.96. The van der Waals surface area contributed by atoms with Crippen LogP contribution in [-0.4, -0.2) is 54.9 Å². The Balaban J connectivity index is 1.59. The fraction of sp³-hybridized carbons (Fsp3) is 0.379. The molecule has 2 aromatic carbocycles. The first-order valence-corrected chi connectivity index (χ1v) is 12.7. The number of aromatic hydroxyl groups is 2. The fourth-order valence-electron chi connectivity index (χ4n) is 4.94. The van der Waals surface area contributed by atoms with Crippen molar-refractivity contribution in [3.8, 4) is 23.0 Å². The van der Waals surface area contributed by atoms with Crippen LogP contribution in [0.5, 0.6) is 23.0 Å². The smallest absolute Gasteiger partial charge is 0.227 e. The molecule has 202 valence electrons. The van der Waals surface area contributed by atoms with Gasteiger partial charge in [0.2, 0.25) is 17.1 Å². The van der Waals surface area contributed by atoms with Gasteiger partial charge in [0, 0.05) is 19.0 Å².